The van der Waals surface area contributed by atoms with Gasteiger partial charge in [-0.3, -0.25) is 4.67 Å². The highest BCUT2D eigenvalue weighted by atomic mass is 31.1. The average molecular weight is 187 g/mol. The Morgan fingerprint density at radius 2 is 1.67 bits per heavy atom. The third-order valence-electron chi connectivity index (χ3n) is 2.73. The van der Waals surface area contributed by atoms with Gasteiger partial charge in [-0.25, -0.2) is 0 Å². The van der Waals surface area contributed by atoms with Crippen LogP contribution >= 0.6 is 8.73 Å². The van der Waals surface area contributed by atoms with E-state index in [0.717, 1.165) is 14.4 Å². The molecule has 1 nitrogen and oxygen atoms in total. The van der Waals surface area contributed by atoms with Crippen molar-refractivity contribution >= 4 is 8.73 Å². The molecule has 0 N–H and O–H groups in total. The molecule has 2 heteroatoms. The van der Waals surface area contributed by atoms with Gasteiger partial charge in [-0.2, -0.15) is 0 Å². The van der Waals surface area contributed by atoms with E-state index in [0.29, 0.717) is 0 Å². The molecule has 72 valence electrons. The molecule has 0 spiro atoms. The van der Waals surface area contributed by atoms with Crippen molar-refractivity contribution in [1.82, 2.24) is 4.67 Å². The molecule has 0 saturated heterocycles. The molecule has 1 saturated carbocycles. The smallest absolute Gasteiger partial charge is 0.000987 e. The van der Waals surface area contributed by atoms with E-state index < -0.39 is 0 Å². The molecular formula is C10H22NP. The Bertz CT molecular complexity index is 106. The summed E-state index contributed by atoms with van der Waals surface area (Å²) in [6.07, 6.45) is 7.45. The van der Waals surface area contributed by atoms with Crippen molar-refractivity contribution in [2.45, 2.75) is 51.6 Å². The van der Waals surface area contributed by atoms with Gasteiger partial charge in [0.1, 0.15) is 0 Å². The third kappa shape index (κ3) is 3.41. The maximum atomic E-state index is 2.59. The summed E-state index contributed by atoms with van der Waals surface area (Å²) in [7, 11) is 1.11. The summed E-state index contributed by atoms with van der Waals surface area (Å²) >= 11 is 0. The van der Waals surface area contributed by atoms with Gasteiger partial charge < -0.3 is 0 Å². The molecule has 1 unspecified atom stereocenters. The predicted octanol–water partition coefficient (Wildman–Crippen LogP) is 3.25. The summed E-state index contributed by atoms with van der Waals surface area (Å²) in [5, 5.41) is 0. The number of nitrogens with zero attached hydrogens (tertiary/aromatic N) is 1. The molecule has 1 atom stereocenters. The van der Waals surface area contributed by atoms with Gasteiger partial charge in [-0.15, -0.1) is 0 Å². The minimum absolute atomic E-state index is 1.04. The molecule has 1 aliphatic carbocycles. The zero-order valence-electron chi connectivity index (χ0n) is 8.47. The molecule has 12 heavy (non-hydrogen) atoms. The largest absolute Gasteiger partial charge is 0.285 e. The highest BCUT2D eigenvalue weighted by molar-refractivity contribution is 7.36. The first-order chi connectivity index (χ1) is 5.86. The van der Waals surface area contributed by atoms with Crippen LogP contribution in [0.5, 0.6) is 0 Å². The quantitative estimate of drug-likeness (QED) is 0.611. The summed E-state index contributed by atoms with van der Waals surface area (Å²) < 4.78 is 2.59. The van der Waals surface area contributed by atoms with Crippen LogP contribution in [0.3, 0.4) is 0 Å². The minimum atomic E-state index is 1.04. The average Bonchev–Trinajstić information content (AvgIpc) is 2.16. The van der Waals surface area contributed by atoms with Gasteiger partial charge in [0.05, 0.1) is 0 Å². The van der Waals surface area contributed by atoms with E-state index in [1.54, 1.807) is 0 Å². The summed E-state index contributed by atoms with van der Waals surface area (Å²) in [6.45, 7) is 7.04. The highest BCUT2D eigenvalue weighted by Gasteiger charge is 2.15. The lowest BCUT2D eigenvalue weighted by molar-refractivity contribution is 0.472. The van der Waals surface area contributed by atoms with Crippen molar-refractivity contribution in [1.29, 1.82) is 0 Å². The van der Waals surface area contributed by atoms with E-state index in [9.17, 15) is 0 Å². The maximum absolute atomic E-state index is 2.59. The molecule has 0 aromatic heterocycles. The Hall–Kier alpha value is 0.390. The standard InChI is InChI=1S/C10H22NP/c1-3-11(4-2)12-10-8-6-5-7-9-10/h10,12H,3-9H2,1-2H3. The van der Waals surface area contributed by atoms with E-state index in [2.05, 4.69) is 18.5 Å². The first-order valence-corrected chi connectivity index (χ1v) is 6.40. The monoisotopic (exact) mass is 187 g/mol. The van der Waals surface area contributed by atoms with E-state index in [1.807, 2.05) is 0 Å². The van der Waals surface area contributed by atoms with Crippen LogP contribution in [-0.4, -0.2) is 23.4 Å². The van der Waals surface area contributed by atoms with Crippen molar-refractivity contribution in [2.24, 2.45) is 0 Å². The normalized spacial score (nSPS) is 21.2. The fourth-order valence-electron chi connectivity index (χ4n) is 1.90. The van der Waals surface area contributed by atoms with Gasteiger partial charge >= 0.3 is 0 Å². The van der Waals surface area contributed by atoms with Gasteiger partial charge in [-0.05, 0) is 40.3 Å². The summed E-state index contributed by atoms with van der Waals surface area (Å²) in [4.78, 5) is 0. The molecule has 0 heterocycles. The number of rotatable bonds is 4. The van der Waals surface area contributed by atoms with Crippen LogP contribution in [0.2, 0.25) is 0 Å². The van der Waals surface area contributed by atoms with Crippen LogP contribution in [0.1, 0.15) is 46.0 Å². The summed E-state index contributed by atoms with van der Waals surface area (Å²) in [6, 6.07) is 0. The van der Waals surface area contributed by atoms with Crippen LogP contribution in [-0.2, 0) is 0 Å². The highest BCUT2D eigenvalue weighted by Crippen LogP contribution is 2.34. The van der Waals surface area contributed by atoms with Crippen LogP contribution in [0.25, 0.3) is 0 Å². The first-order valence-electron chi connectivity index (χ1n) is 5.38. The summed E-state index contributed by atoms with van der Waals surface area (Å²) in [5.41, 5.74) is 1.04. The minimum Gasteiger partial charge on any atom is -0.285 e. The van der Waals surface area contributed by atoms with Gasteiger partial charge in [0, 0.05) is 0 Å². The van der Waals surface area contributed by atoms with E-state index >= 15 is 0 Å². The van der Waals surface area contributed by atoms with Crippen molar-refractivity contribution < 1.29 is 0 Å². The number of hydrogen-bond acceptors (Lipinski definition) is 1. The molecule has 0 aromatic rings. The molecular weight excluding hydrogens is 165 g/mol. The van der Waals surface area contributed by atoms with Crippen LogP contribution < -0.4 is 0 Å². The molecule has 0 bridgehead atoms. The Labute approximate surface area is 78.7 Å². The van der Waals surface area contributed by atoms with E-state index in [4.69, 9.17) is 0 Å². The molecule has 1 rings (SSSR count). The lowest BCUT2D eigenvalue weighted by Gasteiger charge is -2.27. The molecule has 0 aliphatic heterocycles. The Morgan fingerprint density at radius 3 is 2.17 bits per heavy atom. The molecule has 1 fully saturated rings. The summed E-state index contributed by atoms with van der Waals surface area (Å²) in [5.74, 6) is 0. The Kier molecular flexibility index (Phi) is 5.18. The van der Waals surface area contributed by atoms with E-state index in [1.165, 1.54) is 45.2 Å². The fourth-order valence-corrected chi connectivity index (χ4v) is 3.44. The Balaban J connectivity index is 2.18. The SMILES string of the molecule is CCN(CC)PC1CCCCC1. The first kappa shape index (κ1) is 10.5. The van der Waals surface area contributed by atoms with Crippen molar-refractivity contribution in [2.75, 3.05) is 13.1 Å². The lowest BCUT2D eigenvalue weighted by atomic mass is 10.0. The van der Waals surface area contributed by atoms with Gasteiger partial charge in [0.25, 0.3) is 0 Å². The zero-order valence-corrected chi connectivity index (χ0v) is 9.47. The molecule has 0 amide bonds. The Morgan fingerprint density at radius 1 is 1.08 bits per heavy atom. The molecule has 0 radical (unpaired) electrons. The second kappa shape index (κ2) is 5.94. The lowest BCUT2D eigenvalue weighted by Crippen LogP contribution is -2.18. The van der Waals surface area contributed by atoms with Crippen LogP contribution in [0.15, 0.2) is 0 Å². The number of hydrogen-bond donors (Lipinski definition) is 0. The topological polar surface area (TPSA) is 3.24 Å². The van der Waals surface area contributed by atoms with Gasteiger partial charge in [-0.1, -0.05) is 33.1 Å². The maximum Gasteiger partial charge on any atom is -0.000987 e. The van der Waals surface area contributed by atoms with Gasteiger partial charge in [0.15, 0.2) is 0 Å². The molecule has 0 aromatic carbocycles. The predicted molar refractivity (Wildman–Crippen MR) is 58.1 cm³/mol. The van der Waals surface area contributed by atoms with Crippen molar-refractivity contribution in [3.05, 3.63) is 0 Å². The van der Waals surface area contributed by atoms with Crippen LogP contribution in [0.4, 0.5) is 0 Å². The van der Waals surface area contributed by atoms with E-state index in [-0.39, 0.29) is 0 Å². The van der Waals surface area contributed by atoms with Crippen molar-refractivity contribution in [3.8, 4) is 0 Å². The van der Waals surface area contributed by atoms with Crippen LogP contribution in [0, 0.1) is 0 Å². The van der Waals surface area contributed by atoms with Crippen molar-refractivity contribution in [3.63, 3.8) is 0 Å². The second-order valence-electron chi connectivity index (χ2n) is 3.64. The zero-order chi connectivity index (χ0) is 8.81. The van der Waals surface area contributed by atoms with Gasteiger partial charge in [0.2, 0.25) is 0 Å². The third-order valence-corrected chi connectivity index (χ3v) is 4.67. The second-order valence-corrected chi connectivity index (χ2v) is 5.34. The fraction of sp³-hybridized carbons (Fsp3) is 1.00. The molecule has 1 aliphatic rings.